The molecule has 0 unspecified atom stereocenters. The van der Waals surface area contributed by atoms with E-state index >= 15 is 0 Å². The molecule has 36 heavy (non-hydrogen) atoms. The van der Waals surface area contributed by atoms with E-state index in [1.807, 2.05) is 42.6 Å². The number of anilines is 2. The largest absolute Gasteiger partial charge is 0.497 e. The number of ether oxygens (including phenoxy) is 2. The Hall–Kier alpha value is -3.58. The third-order valence-corrected chi connectivity index (χ3v) is 7.64. The summed E-state index contributed by atoms with van der Waals surface area (Å²) in [6.45, 7) is 6.66. The molecule has 7 heteroatoms. The molecule has 5 rings (SSSR count). The van der Waals surface area contributed by atoms with Crippen LogP contribution in [0.4, 0.5) is 11.4 Å². The SMILES string of the molecule is COc1ccc(OC)c(N2C(=S)N[C@H](c3ccccn3)[C@@H]2c2ccc3c(c2)C(C)=CC(C)(C)N3C)c1. The van der Waals surface area contributed by atoms with Crippen molar-refractivity contribution in [3.63, 3.8) is 0 Å². The Bertz CT molecular complexity index is 1340. The summed E-state index contributed by atoms with van der Waals surface area (Å²) in [5.41, 5.74) is 6.58. The van der Waals surface area contributed by atoms with Crippen molar-refractivity contribution in [1.29, 1.82) is 0 Å². The smallest absolute Gasteiger partial charge is 0.174 e. The van der Waals surface area contributed by atoms with Gasteiger partial charge in [0.25, 0.3) is 0 Å². The van der Waals surface area contributed by atoms with Gasteiger partial charge in [0.05, 0.1) is 43.2 Å². The number of methoxy groups -OCH3 is 2. The van der Waals surface area contributed by atoms with E-state index < -0.39 is 0 Å². The van der Waals surface area contributed by atoms with E-state index in [0.29, 0.717) is 5.11 Å². The summed E-state index contributed by atoms with van der Waals surface area (Å²) >= 11 is 5.93. The second-order valence-electron chi connectivity index (χ2n) is 9.85. The number of rotatable bonds is 5. The predicted octanol–water partition coefficient (Wildman–Crippen LogP) is 5.91. The summed E-state index contributed by atoms with van der Waals surface area (Å²) < 4.78 is 11.3. The highest BCUT2D eigenvalue weighted by Gasteiger charge is 2.42. The number of benzene rings is 2. The molecule has 2 aromatic carbocycles. The second kappa shape index (κ2) is 9.13. The van der Waals surface area contributed by atoms with Gasteiger partial charge in [0.1, 0.15) is 11.5 Å². The Morgan fingerprint density at radius 2 is 1.81 bits per heavy atom. The first-order chi connectivity index (χ1) is 17.2. The number of nitrogens with one attached hydrogen (secondary N) is 1. The predicted molar refractivity (Wildman–Crippen MR) is 150 cm³/mol. The van der Waals surface area contributed by atoms with Gasteiger partial charge in [0.15, 0.2) is 5.11 Å². The molecule has 0 spiro atoms. The lowest BCUT2D eigenvalue weighted by Gasteiger charge is -2.41. The molecule has 1 fully saturated rings. The van der Waals surface area contributed by atoms with Gasteiger partial charge < -0.3 is 24.6 Å². The minimum Gasteiger partial charge on any atom is -0.497 e. The van der Waals surface area contributed by atoms with E-state index in [0.717, 1.165) is 28.4 Å². The molecule has 0 radical (unpaired) electrons. The second-order valence-corrected chi connectivity index (χ2v) is 10.2. The Kier molecular flexibility index (Phi) is 6.12. The van der Waals surface area contributed by atoms with Gasteiger partial charge in [-0.15, -0.1) is 0 Å². The van der Waals surface area contributed by atoms with Gasteiger partial charge in [0.2, 0.25) is 0 Å². The number of pyridine rings is 1. The Morgan fingerprint density at radius 3 is 2.50 bits per heavy atom. The summed E-state index contributed by atoms with van der Waals surface area (Å²) in [6, 6.07) is 18.2. The number of allylic oxidation sites excluding steroid dienone is 1. The standard InChI is InChI=1S/C29H32N4O2S/c1-18-17-29(2,3)32(4)23-12-10-19(15-21(18)23)27-26(22-9-7-8-14-30-22)31-28(36)33(27)24-16-20(34-5)11-13-25(24)35-6/h7-17,26-27H,1-6H3,(H,31,36)/t26-,27+/m1/s1. The maximum absolute atomic E-state index is 5.93. The van der Waals surface area contributed by atoms with Crippen LogP contribution < -0.4 is 24.6 Å². The summed E-state index contributed by atoms with van der Waals surface area (Å²) in [5, 5.41) is 4.16. The number of hydrogen-bond acceptors (Lipinski definition) is 5. The van der Waals surface area contributed by atoms with Crippen molar-refractivity contribution in [2.75, 3.05) is 31.1 Å². The highest BCUT2D eigenvalue weighted by molar-refractivity contribution is 7.80. The van der Waals surface area contributed by atoms with E-state index in [1.165, 1.54) is 16.8 Å². The van der Waals surface area contributed by atoms with Crippen molar-refractivity contribution >= 4 is 34.3 Å². The van der Waals surface area contributed by atoms with Gasteiger partial charge in [-0.3, -0.25) is 4.98 Å². The molecule has 2 atom stereocenters. The zero-order valence-corrected chi connectivity index (χ0v) is 22.4. The van der Waals surface area contributed by atoms with Gasteiger partial charge in [-0.1, -0.05) is 18.2 Å². The third kappa shape index (κ3) is 3.97. The van der Waals surface area contributed by atoms with Crippen LogP contribution in [0.3, 0.4) is 0 Å². The van der Waals surface area contributed by atoms with Crippen LogP contribution in [0.2, 0.25) is 0 Å². The van der Waals surface area contributed by atoms with Crippen molar-refractivity contribution in [1.82, 2.24) is 10.3 Å². The number of nitrogens with zero attached hydrogens (tertiary/aromatic N) is 3. The van der Waals surface area contributed by atoms with Gasteiger partial charge >= 0.3 is 0 Å². The van der Waals surface area contributed by atoms with Crippen molar-refractivity contribution in [3.8, 4) is 11.5 Å². The molecule has 3 heterocycles. The lowest BCUT2D eigenvalue weighted by molar-refractivity contribution is 0.403. The summed E-state index contributed by atoms with van der Waals surface area (Å²) in [6.07, 6.45) is 4.15. The number of thiocarbonyl (C=S) groups is 1. The molecular formula is C29H32N4O2S. The fourth-order valence-corrected chi connectivity index (χ4v) is 5.64. The van der Waals surface area contributed by atoms with Crippen LogP contribution in [0, 0.1) is 0 Å². The summed E-state index contributed by atoms with van der Waals surface area (Å²) in [4.78, 5) is 9.15. The van der Waals surface area contributed by atoms with Gasteiger partial charge in [-0.2, -0.15) is 0 Å². The number of hydrogen-bond donors (Lipinski definition) is 1. The summed E-state index contributed by atoms with van der Waals surface area (Å²) in [5.74, 6) is 1.46. The number of aromatic nitrogens is 1. The van der Waals surface area contributed by atoms with E-state index in [9.17, 15) is 0 Å². The Morgan fingerprint density at radius 1 is 1.00 bits per heavy atom. The fourth-order valence-electron chi connectivity index (χ4n) is 5.30. The van der Waals surface area contributed by atoms with Crippen LogP contribution in [0.5, 0.6) is 11.5 Å². The van der Waals surface area contributed by atoms with E-state index in [-0.39, 0.29) is 17.6 Å². The zero-order chi connectivity index (χ0) is 25.6. The molecule has 186 valence electrons. The average Bonchev–Trinajstić information content (AvgIpc) is 3.23. The van der Waals surface area contributed by atoms with Gasteiger partial charge in [-0.25, -0.2) is 0 Å². The quantitative estimate of drug-likeness (QED) is 0.437. The summed E-state index contributed by atoms with van der Waals surface area (Å²) in [7, 11) is 5.49. The van der Waals surface area contributed by atoms with Crippen molar-refractivity contribution in [3.05, 3.63) is 83.7 Å². The lowest BCUT2D eigenvalue weighted by atomic mass is 9.86. The van der Waals surface area contributed by atoms with Crippen molar-refractivity contribution < 1.29 is 9.47 Å². The monoisotopic (exact) mass is 500 g/mol. The molecular weight excluding hydrogens is 468 g/mol. The molecule has 0 saturated carbocycles. The normalized spacial score (nSPS) is 20.5. The molecule has 1 N–H and O–H groups in total. The van der Waals surface area contributed by atoms with Crippen LogP contribution in [0.25, 0.3) is 5.57 Å². The third-order valence-electron chi connectivity index (χ3n) is 7.33. The van der Waals surface area contributed by atoms with Crippen LogP contribution in [-0.2, 0) is 0 Å². The first kappa shape index (κ1) is 24.1. The first-order valence-electron chi connectivity index (χ1n) is 12.1. The van der Waals surface area contributed by atoms with Gasteiger partial charge in [0, 0.05) is 30.6 Å². The van der Waals surface area contributed by atoms with Crippen LogP contribution >= 0.6 is 12.2 Å². The number of likely N-dealkylation sites (N-methyl/N-ethyl adjacent to an activating group) is 1. The minimum absolute atomic E-state index is 0.0500. The van der Waals surface area contributed by atoms with Gasteiger partial charge in [-0.05, 0) is 80.5 Å². The first-order valence-corrected chi connectivity index (χ1v) is 12.5. The lowest BCUT2D eigenvalue weighted by Crippen LogP contribution is -2.42. The number of fused-ring (bicyclic) bond motifs is 1. The molecule has 0 amide bonds. The molecule has 2 aliphatic rings. The molecule has 0 bridgehead atoms. The maximum Gasteiger partial charge on any atom is 0.174 e. The van der Waals surface area contributed by atoms with E-state index in [2.05, 4.69) is 72.2 Å². The molecule has 1 aromatic heterocycles. The molecule has 6 nitrogen and oxygen atoms in total. The Balaban J connectivity index is 1.69. The van der Waals surface area contributed by atoms with Crippen LogP contribution in [-0.4, -0.2) is 36.9 Å². The average molecular weight is 501 g/mol. The topological polar surface area (TPSA) is 49.9 Å². The van der Waals surface area contributed by atoms with E-state index in [1.54, 1.807) is 14.2 Å². The molecule has 3 aromatic rings. The fraction of sp³-hybridized carbons (Fsp3) is 0.310. The highest BCUT2D eigenvalue weighted by atomic mass is 32.1. The Labute approximate surface area is 218 Å². The maximum atomic E-state index is 5.93. The van der Waals surface area contributed by atoms with E-state index in [4.69, 9.17) is 21.7 Å². The van der Waals surface area contributed by atoms with Crippen LogP contribution in [0.1, 0.15) is 49.7 Å². The zero-order valence-electron chi connectivity index (χ0n) is 21.6. The molecule has 0 aliphatic carbocycles. The van der Waals surface area contributed by atoms with Crippen LogP contribution in [0.15, 0.2) is 66.9 Å². The molecule has 1 saturated heterocycles. The van der Waals surface area contributed by atoms with Crippen molar-refractivity contribution in [2.45, 2.75) is 38.4 Å². The minimum atomic E-state index is -0.147. The van der Waals surface area contributed by atoms with Crippen molar-refractivity contribution in [2.24, 2.45) is 0 Å². The highest BCUT2D eigenvalue weighted by Crippen LogP contribution is 2.47. The molecule has 2 aliphatic heterocycles.